The first kappa shape index (κ1) is 13.0. The van der Waals surface area contributed by atoms with Crippen LogP contribution in [-0.4, -0.2) is 42.1 Å². The molecule has 0 aromatic carbocycles. The normalized spacial score (nSPS) is 21.1. The topological polar surface area (TPSA) is 58.6 Å². The first-order chi connectivity index (χ1) is 7.51. The van der Waals surface area contributed by atoms with Crippen LogP contribution < -0.4 is 5.32 Å². The molecule has 1 heterocycles. The van der Waals surface area contributed by atoms with Gasteiger partial charge in [0.05, 0.1) is 6.10 Å². The van der Waals surface area contributed by atoms with E-state index in [1.165, 1.54) is 0 Å². The number of urea groups is 1. The average Bonchev–Trinajstić information content (AvgIpc) is 2.51. The zero-order valence-electron chi connectivity index (χ0n) is 10.4. The van der Waals surface area contributed by atoms with Gasteiger partial charge < -0.3 is 9.64 Å². The van der Waals surface area contributed by atoms with E-state index >= 15 is 0 Å². The molecule has 5 heteroatoms. The average molecular weight is 228 g/mol. The van der Waals surface area contributed by atoms with E-state index in [4.69, 9.17) is 4.74 Å². The molecule has 0 aliphatic carbocycles. The fourth-order valence-electron chi connectivity index (χ4n) is 2.14. The van der Waals surface area contributed by atoms with Gasteiger partial charge in [0.1, 0.15) is 5.54 Å². The smallest absolute Gasteiger partial charge is 0.325 e. The van der Waals surface area contributed by atoms with Crippen molar-refractivity contribution in [2.45, 2.75) is 45.3 Å². The SMILES string of the molecule is CCC1(CC)C(=O)NC(=O)N1CC(C)OC. The van der Waals surface area contributed by atoms with Gasteiger partial charge in [0.2, 0.25) is 0 Å². The van der Waals surface area contributed by atoms with Crippen molar-refractivity contribution < 1.29 is 14.3 Å². The van der Waals surface area contributed by atoms with Crippen LogP contribution in [0.5, 0.6) is 0 Å². The van der Waals surface area contributed by atoms with Crippen molar-refractivity contribution in [3.05, 3.63) is 0 Å². The minimum atomic E-state index is -0.691. The number of carbonyl (C=O) groups is 2. The second-order valence-electron chi connectivity index (χ2n) is 4.15. The van der Waals surface area contributed by atoms with E-state index in [-0.39, 0.29) is 18.0 Å². The molecule has 0 saturated carbocycles. The van der Waals surface area contributed by atoms with Gasteiger partial charge in [-0.3, -0.25) is 10.1 Å². The molecule has 16 heavy (non-hydrogen) atoms. The zero-order valence-corrected chi connectivity index (χ0v) is 10.4. The largest absolute Gasteiger partial charge is 0.380 e. The van der Waals surface area contributed by atoms with Gasteiger partial charge in [-0.25, -0.2) is 4.79 Å². The van der Waals surface area contributed by atoms with E-state index < -0.39 is 5.54 Å². The summed E-state index contributed by atoms with van der Waals surface area (Å²) in [5.41, 5.74) is -0.691. The molecular weight excluding hydrogens is 208 g/mol. The number of rotatable bonds is 5. The number of nitrogens with zero attached hydrogens (tertiary/aromatic N) is 1. The summed E-state index contributed by atoms with van der Waals surface area (Å²) in [6, 6.07) is -0.308. The molecule has 1 aliphatic heterocycles. The Hall–Kier alpha value is -1.10. The number of nitrogens with one attached hydrogen (secondary N) is 1. The van der Waals surface area contributed by atoms with Gasteiger partial charge in [0.25, 0.3) is 5.91 Å². The van der Waals surface area contributed by atoms with Crippen molar-refractivity contribution in [1.29, 1.82) is 0 Å². The predicted molar refractivity (Wildman–Crippen MR) is 60.0 cm³/mol. The molecule has 1 rings (SSSR count). The highest BCUT2D eigenvalue weighted by atomic mass is 16.5. The molecule has 92 valence electrons. The summed E-state index contributed by atoms with van der Waals surface area (Å²) in [4.78, 5) is 25.1. The second kappa shape index (κ2) is 4.82. The molecule has 0 aromatic heterocycles. The molecule has 0 bridgehead atoms. The Bertz CT molecular complexity index is 287. The van der Waals surface area contributed by atoms with Crippen LogP contribution in [0.3, 0.4) is 0 Å². The number of hydrogen-bond acceptors (Lipinski definition) is 3. The molecule has 3 amide bonds. The maximum atomic E-state index is 11.8. The molecule has 1 N–H and O–H groups in total. The number of carbonyl (C=O) groups excluding carboxylic acids is 2. The van der Waals surface area contributed by atoms with Crippen molar-refractivity contribution >= 4 is 11.9 Å². The monoisotopic (exact) mass is 228 g/mol. The molecule has 5 nitrogen and oxygen atoms in total. The lowest BCUT2D eigenvalue weighted by Gasteiger charge is -2.34. The third-order valence-electron chi connectivity index (χ3n) is 3.42. The van der Waals surface area contributed by atoms with Gasteiger partial charge in [0, 0.05) is 13.7 Å². The Labute approximate surface area is 96.1 Å². The molecule has 1 aliphatic rings. The third kappa shape index (κ3) is 1.91. The van der Waals surface area contributed by atoms with E-state index in [1.54, 1.807) is 12.0 Å². The van der Waals surface area contributed by atoms with Gasteiger partial charge in [-0.15, -0.1) is 0 Å². The van der Waals surface area contributed by atoms with Crippen LogP contribution in [0.15, 0.2) is 0 Å². The fraction of sp³-hybridized carbons (Fsp3) is 0.818. The lowest BCUT2D eigenvalue weighted by Crippen LogP contribution is -2.51. The molecule has 1 fully saturated rings. The zero-order chi connectivity index (χ0) is 12.3. The minimum Gasteiger partial charge on any atom is -0.380 e. The maximum Gasteiger partial charge on any atom is 0.325 e. The molecule has 0 radical (unpaired) electrons. The van der Waals surface area contributed by atoms with Crippen molar-refractivity contribution in [1.82, 2.24) is 10.2 Å². The van der Waals surface area contributed by atoms with E-state index in [0.29, 0.717) is 19.4 Å². The fourth-order valence-corrected chi connectivity index (χ4v) is 2.14. The standard InChI is InChI=1S/C11H20N2O3/c1-5-11(6-2)9(14)12-10(15)13(11)7-8(3)16-4/h8H,5-7H2,1-4H3,(H,12,14,15). The summed E-state index contributed by atoms with van der Waals surface area (Å²) < 4.78 is 5.15. The highest BCUT2D eigenvalue weighted by Gasteiger charge is 2.50. The Balaban J connectivity index is 2.93. The third-order valence-corrected chi connectivity index (χ3v) is 3.42. The van der Waals surface area contributed by atoms with Crippen molar-refractivity contribution in [3.63, 3.8) is 0 Å². The van der Waals surface area contributed by atoms with E-state index in [9.17, 15) is 9.59 Å². The number of ether oxygens (including phenoxy) is 1. The van der Waals surface area contributed by atoms with Crippen LogP contribution in [0.4, 0.5) is 4.79 Å². The summed E-state index contributed by atoms with van der Waals surface area (Å²) in [7, 11) is 1.60. The van der Waals surface area contributed by atoms with Crippen LogP contribution in [0.1, 0.15) is 33.6 Å². The first-order valence-corrected chi connectivity index (χ1v) is 5.67. The molecule has 1 atom stereocenters. The number of amides is 3. The van der Waals surface area contributed by atoms with Gasteiger partial charge in [-0.2, -0.15) is 0 Å². The van der Waals surface area contributed by atoms with Crippen LogP contribution in [0.25, 0.3) is 0 Å². The first-order valence-electron chi connectivity index (χ1n) is 5.67. The Morgan fingerprint density at radius 1 is 1.38 bits per heavy atom. The number of hydrogen-bond donors (Lipinski definition) is 1. The lowest BCUT2D eigenvalue weighted by atomic mass is 9.91. The van der Waals surface area contributed by atoms with Crippen LogP contribution >= 0.6 is 0 Å². The number of imide groups is 1. The Kier molecular flexibility index (Phi) is 3.91. The van der Waals surface area contributed by atoms with Crippen molar-refractivity contribution in [2.75, 3.05) is 13.7 Å². The molecular formula is C11H20N2O3. The summed E-state index contributed by atoms with van der Waals surface area (Å²) in [6.45, 7) is 6.17. The molecule has 0 spiro atoms. The van der Waals surface area contributed by atoms with Crippen LogP contribution in [-0.2, 0) is 9.53 Å². The summed E-state index contributed by atoms with van der Waals surface area (Å²) >= 11 is 0. The minimum absolute atomic E-state index is 0.0749. The van der Waals surface area contributed by atoms with Gasteiger partial charge in [-0.05, 0) is 19.8 Å². The predicted octanol–water partition coefficient (Wildman–Crippen LogP) is 1.13. The van der Waals surface area contributed by atoms with E-state index in [1.807, 2.05) is 20.8 Å². The summed E-state index contributed by atoms with van der Waals surface area (Å²) in [5, 5.41) is 2.38. The Morgan fingerprint density at radius 2 is 1.94 bits per heavy atom. The van der Waals surface area contributed by atoms with Gasteiger partial charge in [0.15, 0.2) is 0 Å². The maximum absolute atomic E-state index is 11.8. The second-order valence-corrected chi connectivity index (χ2v) is 4.15. The quantitative estimate of drug-likeness (QED) is 0.718. The van der Waals surface area contributed by atoms with Gasteiger partial charge in [-0.1, -0.05) is 13.8 Å². The van der Waals surface area contributed by atoms with Crippen LogP contribution in [0.2, 0.25) is 0 Å². The molecule has 1 saturated heterocycles. The van der Waals surface area contributed by atoms with E-state index in [0.717, 1.165) is 0 Å². The molecule has 1 unspecified atom stereocenters. The summed E-state index contributed by atoms with van der Waals surface area (Å²) in [6.07, 6.45) is 1.17. The Morgan fingerprint density at radius 3 is 2.38 bits per heavy atom. The van der Waals surface area contributed by atoms with E-state index in [2.05, 4.69) is 5.32 Å². The lowest BCUT2D eigenvalue weighted by molar-refractivity contribution is -0.127. The number of methoxy groups -OCH3 is 1. The van der Waals surface area contributed by atoms with Crippen molar-refractivity contribution in [2.24, 2.45) is 0 Å². The highest BCUT2D eigenvalue weighted by molar-refractivity contribution is 6.06. The van der Waals surface area contributed by atoms with Crippen molar-refractivity contribution in [3.8, 4) is 0 Å². The highest BCUT2D eigenvalue weighted by Crippen LogP contribution is 2.29. The van der Waals surface area contributed by atoms with Crippen LogP contribution in [0, 0.1) is 0 Å². The molecule has 0 aromatic rings. The summed E-state index contributed by atoms with van der Waals surface area (Å²) in [5.74, 6) is -0.189. The van der Waals surface area contributed by atoms with Gasteiger partial charge >= 0.3 is 6.03 Å².